The van der Waals surface area contributed by atoms with Crippen molar-refractivity contribution in [3.05, 3.63) is 0 Å². The Balaban J connectivity index is -0.0000000150. The molecule has 11 heteroatoms. The molecule has 0 rings (SSSR count). The van der Waals surface area contributed by atoms with Crippen LogP contribution >= 0.6 is 0 Å². The Kier molecular flexibility index (Phi) is 156. The van der Waals surface area contributed by atoms with E-state index in [0.29, 0.717) is 0 Å². The van der Waals surface area contributed by atoms with Gasteiger partial charge in [0.1, 0.15) is 0 Å². The van der Waals surface area contributed by atoms with Crippen LogP contribution in [0.15, 0.2) is 0 Å². The van der Waals surface area contributed by atoms with Gasteiger partial charge in [0.15, 0.2) is 0 Å². The van der Waals surface area contributed by atoms with Gasteiger partial charge in [0, 0.05) is 0 Å². The molecule has 0 saturated carbocycles. The van der Waals surface area contributed by atoms with Gasteiger partial charge in [-0.3, -0.25) is 0 Å². The van der Waals surface area contributed by atoms with Gasteiger partial charge in [-0.15, -0.1) is 0 Å². The average Bonchev–Trinajstić information content (AvgIpc) is 1.70. The SMILES string of the molecule is [Cd+2].[Li+].[O]=[GeH][O-].[O]=[GeH][O-].[O]=[GeH][O-]. The Labute approximate surface area is 115 Å². The van der Waals surface area contributed by atoms with Crippen molar-refractivity contribution in [1.29, 1.82) is 0 Å². The molecule has 0 spiro atoms. The van der Waals surface area contributed by atoms with Crippen LogP contribution in [0.2, 0.25) is 0 Å². The molecule has 0 saturated heterocycles. The van der Waals surface area contributed by atoms with Crippen molar-refractivity contribution in [3.63, 3.8) is 0 Å². The van der Waals surface area contributed by atoms with Gasteiger partial charge in [-0.05, 0) is 0 Å². The predicted molar refractivity (Wildman–Crippen MR) is 23.5 cm³/mol. The monoisotopic (exact) mass is 442 g/mol. The van der Waals surface area contributed by atoms with Crippen molar-refractivity contribution >= 4 is 47.1 Å². The number of hydrogen-bond acceptors (Lipinski definition) is 6. The third kappa shape index (κ3) is 312. The summed E-state index contributed by atoms with van der Waals surface area (Å²) >= 11 is -6.56. The van der Waals surface area contributed by atoms with Gasteiger partial charge < -0.3 is 0 Å². The second kappa shape index (κ2) is 58.5. The van der Waals surface area contributed by atoms with E-state index in [9.17, 15) is 0 Å². The molecule has 6 nitrogen and oxygen atoms in total. The van der Waals surface area contributed by atoms with Crippen molar-refractivity contribution < 1.29 is 69.9 Å². The van der Waals surface area contributed by atoms with Crippen molar-refractivity contribution in [1.82, 2.24) is 0 Å². The molecule has 0 heterocycles. The Morgan fingerprint density at radius 2 is 0.727 bits per heavy atom. The minimum atomic E-state index is -2.19. The van der Waals surface area contributed by atoms with Gasteiger partial charge in [0.05, 0.1) is 0 Å². The molecular weight excluding hydrogens is 433 g/mol. The fourth-order valence-electron chi connectivity index (χ4n) is 0. The molecule has 0 atom stereocenters. The van der Waals surface area contributed by atoms with Crippen molar-refractivity contribution in [2.75, 3.05) is 0 Å². The molecule has 0 aromatic carbocycles. The Bertz CT molecular complexity index is 54.6. The van der Waals surface area contributed by atoms with Crippen LogP contribution in [0.3, 0.4) is 0 Å². The zero-order valence-corrected chi connectivity index (χ0v) is 17.2. The molecule has 0 amide bonds. The molecule has 11 heavy (non-hydrogen) atoms. The van der Waals surface area contributed by atoms with Crippen molar-refractivity contribution in [2.24, 2.45) is 0 Å². The fourth-order valence-corrected chi connectivity index (χ4v) is 0. The van der Waals surface area contributed by atoms with Crippen molar-refractivity contribution in [3.8, 4) is 0 Å². The van der Waals surface area contributed by atoms with E-state index in [2.05, 4.69) is 0 Å². The average molecular weight is 436 g/mol. The standard InChI is InChI=1S/Cd.3GeHO2.Li/c;3*2-1-3;/h;3*1H;/q+2;3*-1;+1. The van der Waals surface area contributed by atoms with Crippen LogP contribution in [-0.4, -0.2) is 47.1 Å². The van der Waals surface area contributed by atoms with Crippen LogP contribution in [0.5, 0.6) is 0 Å². The van der Waals surface area contributed by atoms with Gasteiger partial charge in [0.2, 0.25) is 0 Å². The molecule has 0 aliphatic heterocycles. The first-order valence-corrected chi connectivity index (χ1v) is 7.35. The van der Waals surface area contributed by atoms with Crippen LogP contribution in [0.4, 0.5) is 0 Å². The quantitative estimate of drug-likeness (QED) is 0.348. The van der Waals surface area contributed by atoms with Crippen LogP contribution in [0, 0.1) is 0 Å². The topological polar surface area (TPSA) is 120 Å². The molecule has 0 aliphatic carbocycles. The first kappa shape index (κ1) is 29.3. The molecule has 0 N–H and O–H groups in total. The summed E-state index contributed by atoms with van der Waals surface area (Å²) in [6, 6.07) is 0. The minimum absolute atomic E-state index is 0. The number of rotatable bonds is 0. The van der Waals surface area contributed by atoms with Crippen LogP contribution in [0.1, 0.15) is 0 Å². The molecule has 0 fully saturated rings. The van der Waals surface area contributed by atoms with E-state index in [1.54, 1.807) is 0 Å². The van der Waals surface area contributed by atoms with Crippen molar-refractivity contribution in [2.45, 2.75) is 0 Å². The fraction of sp³-hybridized carbons (Fsp3) is 0. The molecule has 0 aromatic rings. The van der Waals surface area contributed by atoms with Gasteiger partial charge >= 0.3 is 117 Å². The zero-order valence-electron chi connectivity index (χ0n) is 5.89. The Morgan fingerprint density at radius 3 is 0.727 bits per heavy atom. The van der Waals surface area contributed by atoms with Crippen LogP contribution in [0.25, 0.3) is 0 Å². The molecule has 0 radical (unpaired) electrons. The number of hydrogen-bond donors (Lipinski definition) is 0. The van der Waals surface area contributed by atoms with E-state index in [1.165, 1.54) is 0 Å². The van der Waals surface area contributed by atoms with E-state index in [1.807, 2.05) is 0 Å². The molecule has 0 unspecified atom stereocenters. The van der Waals surface area contributed by atoms with Crippen LogP contribution < -0.4 is 31.3 Å². The summed E-state index contributed by atoms with van der Waals surface area (Å²) in [6.07, 6.45) is 0. The molecule has 0 aromatic heterocycles. The van der Waals surface area contributed by atoms with E-state index >= 15 is 0 Å². The third-order valence-electron chi connectivity index (χ3n) is 0. The zero-order chi connectivity index (χ0) is 8.12. The third-order valence-corrected chi connectivity index (χ3v) is 0. The second-order valence-corrected chi connectivity index (χ2v) is 1.50. The van der Waals surface area contributed by atoms with E-state index in [0.717, 1.165) is 0 Å². The van der Waals surface area contributed by atoms with E-state index in [-0.39, 0.29) is 46.2 Å². The summed E-state index contributed by atoms with van der Waals surface area (Å²) in [5, 5.41) is 0. The van der Waals surface area contributed by atoms with Gasteiger partial charge in [-0.1, -0.05) is 0 Å². The summed E-state index contributed by atoms with van der Waals surface area (Å²) in [6.45, 7) is 0. The summed E-state index contributed by atoms with van der Waals surface area (Å²) in [5.41, 5.74) is 0. The summed E-state index contributed by atoms with van der Waals surface area (Å²) in [5.74, 6) is 0. The molecule has 54 valence electrons. The first-order valence-electron chi connectivity index (χ1n) is 1.41. The summed E-state index contributed by atoms with van der Waals surface area (Å²) in [7, 11) is 0. The first-order chi connectivity index (χ1) is 4.24. The molecule has 0 aliphatic rings. The molecular formula is H3CdGe3LiO6. The van der Waals surface area contributed by atoms with Gasteiger partial charge in [-0.25, -0.2) is 0 Å². The Morgan fingerprint density at radius 1 is 0.727 bits per heavy atom. The summed E-state index contributed by atoms with van der Waals surface area (Å²) < 4.78 is 51.2. The summed E-state index contributed by atoms with van der Waals surface area (Å²) in [4.78, 5) is 0. The Hall–Kier alpha value is 1.95. The molecule has 0 bridgehead atoms. The normalized spacial score (nSPS) is 3.27. The van der Waals surface area contributed by atoms with Gasteiger partial charge in [0.25, 0.3) is 0 Å². The van der Waals surface area contributed by atoms with E-state index in [4.69, 9.17) is 23.7 Å². The second-order valence-electron chi connectivity index (χ2n) is 0.289. The van der Waals surface area contributed by atoms with E-state index < -0.39 is 47.1 Å². The van der Waals surface area contributed by atoms with Crippen LogP contribution in [-0.2, 0) is 38.6 Å². The maximum atomic E-state index is 8.53. The van der Waals surface area contributed by atoms with Gasteiger partial charge in [-0.2, -0.15) is 0 Å². The predicted octanol–water partition coefficient (Wildman–Crippen LogP) is -8.87. The maximum absolute atomic E-state index is 8.53.